The lowest BCUT2D eigenvalue weighted by Gasteiger charge is -2.29. The van der Waals surface area contributed by atoms with Crippen LogP contribution in [0.15, 0.2) is 97.1 Å². The van der Waals surface area contributed by atoms with Gasteiger partial charge in [0.2, 0.25) is 53.2 Å². The Morgan fingerprint density at radius 1 is 0.650 bits per heavy atom. The van der Waals surface area contributed by atoms with Crippen molar-refractivity contribution in [3.8, 4) is 5.75 Å². The molecule has 16 N–H and O–H groups in total. The molecule has 9 atom stereocenters. The first-order chi connectivity index (χ1) is 38.1. The predicted molar refractivity (Wildman–Crippen MR) is 306 cm³/mol. The van der Waals surface area contributed by atoms with Crippen LogP contribution in [0.3, 0.4) is 0 Å². The van der Waals surface area contributed by atoms with Crippen molar-refractivity contribution in [2.24, 2.45) is 17.2 Å². The molecule has 0 bridgehead atoms. The molecule has 26 heteroatoms. The van der Waals surface area contributed by atoms with E-state index in [1.807, 2.05) is 0 Å². The summed E-state index contributed by atoms with van der Waals surface area (Å²) in [5.74, 6) is -8.50. The number of carbonyl (C=O) groups is 9. The molecule has 80 heavy (non-hydrogen) atoms. The Morgan fingerprint density at radius 3 is 1.69 bits per heavy atom. The number of nitrogens with two attached hydrogens (primary N) is 3. The molecule has 430 valence electrons. The van der Waals surface area contributed by atoms with Crippen LogP contribution in [0.2, 0.25) is 10.0 Å². The average Bonchev–Trinajstić information content (AvgIpc) is 3.42. The van der Waals surface area contributed by atoms with Gasteiger partial charge < -0.3 is 69.9 Å². The lowest BCUT2D eigenvalue weighted by atomic mass is 10.00. The molecule has 0 saturated carbocycles. The highest BCUT2D eigenvalue weighted by Gasteiger charge is 2.36. The zero-order chi connectivity index (χ0) is 58.5. The maximum absolute atomic E-state index is 14.8. The lowest BCUT2D eigenvalue weighted by Crippen LogP contribution is -2.62. The number of phenols is 1. The second-order valence-corrected chi connectivity index (χ2v) is 22.5. The molecule has 1 aliphatic heterocycles. The van der Waals surface area contributed by atoms with E-state index < -0.39 is 108 Å². The summed E-state index contributed by atoms with van der Waals surface area (Å²) >= 11 is 12.1. The summed E-state index contributed by atoms with van der Waals surface area (Å²) in [7, 11) is 3.67. The molecule has 1 fully saturated rings. The molecule has 1 heterocycles. The van der Waals surface area contributed by atoms with Crippen molar-refractivity contribution in [3.63, 3.8) is 0 Å². The van der Waals surface area contributed by atoms with E-state index in [2.05, 4.69) is 42.5 Å². The third kappa shape index (κ3) is 20.6. The molecule has 1 saturated heterocycles. The number of hydrogen-bond donors (Lipinski definition) is 13. The molecule has 9 amide bonds. The number of carbonyl (C=O) groups excluding carboxylic acids is 9. The van der Waals surface area contributed by atoms with Gasteiger partial charge in [0.1, 0.15) is 48.0 Å². The van der Waals surface area contributed by atoms with E-state index in [1.165, 1.54) is 55.5 Å². The van der Waals surface area contributed by atoms with E-state index >= 15 is 0 Å². The van der Waals surface area contributed by atoms with Crippen LogP contribution in [0.1, 0.15) is 58.8 Å². The Balaban J connectivity index is 1.58. The summed E-state index contributed by atoms with van der Waals surface area (Å²) in [5.41, 5.74) is 19.9. The van der Waals surface area contributed by atoms with Crippen LogP contribution in [0.5, 0.6) is 5.75 Å². The molecule has 5 rings (SSSR count). The highest BCUT2D eigenvalue weighted by molar-refractivity contribution is 8.76. The normalized spacial score (nSPS) is 20.9. The Morgan fingerprint density at radius 2 is 1.15 bits per heavy atom. The SMILES string of the molecule is CNCCCC[C@@H]1NC(=O)[C@@H](Cc2ccc(C(N)=O)cc2)NC(=O)[C@H](Cc2ccc(O)cc2)NC(=O)[C@H](NC(=O)[C@@H](N)Cc2ccc(Cl)cc2)CSSC[C@@H](C(=O)NC(Cc2ccc(Cl)cc2)C(N)=O)NC(=O)[C@H]([C@@H](C)O)NC1=O. The number of primary amides is 2. The molecule has 4 aromatic rings. The maximum atomic E-state index is 14.8. The van der Waals surface area contributed by atoms with Crippen molar-refractivity contribution in [1.29, 1.82) is 0 Å². The van der Waals surface area contributed by atoms with Gasteiger partial charge in [-0.2, -0.15) is 0 Å². The number of aromatic hydroxyl groups is 1. The summed E-state index contributed by atoms with van der Waals surface area (Å²) < 4.78 is 0. The van der Waals surface area contributed by atoms with Crippen LogP contribution >= 0.6 is 44.8 Å². The molecule has 1 unspecified atom stereocenters. The summed E-state index contributed by atoms with van der Waals surface area (Å²) in [6.07, 6.45) is -1.19. The van der Waals surface area contributed by atoms with Gasteiger partial charge in [-0.05, 0) is 117 Å². The van der Waals surface area contributed by atoms with Gasteiger partial charge in [0.05, 0.1) is 12.1 Å². The number of benzene rings is 4. The monoisotopic (exact) mass is 1180 g/mol. The molecule has 22 nitrogen and oxygen atoms in total. The quantitative estimate of drug-likeness (QED) is 0.0422. The van der Waals surface area contributed by atoms with E-state index in [0.717, 1.165) is 21.6 Å². The second kappa shape index (κ2) is 31.8. The van der Waals surface area contributed by atoms with E-state index in [0.29, 0.717) is 51.7 Å². The van der Waals surface area contributed by atoms with E-state index in [4.69, 9.17) is 40.4 Å². The number of amides is 9. The summed E-state index contributed by atoms with van der Waals surface area (Å²) in [4.78, 5) is 126. The molecule has 4 aromatic carbocycles. The highest BCUT2D eigenvalue weighted by Crippen LogP contribution is 2.24. The fourth-order valence-corrected chi connectivity index (χ4v) is 10.8. The lowest BCUT2D eigenvalue weighted by molar-refractivity contribution is -0.136. The standard InChI is InChI=1S/C54H67Cl2N11O11S2/c1-29(68)45-54(78)66-44(52(76)62-40(47(59)71)24-32-10-18-36(56)19-11-32)28-80-79-27-43(65-48(72)38(57)23-30-8-16-35(55)17-9-30)53(77)64-42(26-33-12-20-37(69)21-13-33)51(75)63-41(25-31-6-14-34(15-7-31)46(58)70)50(74)61-39(49(73)67-45)5-3-4-22-60-2/h6-21,29,38-45,60,68-69H,3-5,22-28,57H2,1-2H3,(H2,58,70)(H2,59,71)(H,61,74)(H,62,76)(H,63,75)(H,64,77)(H,65,72)(H,66,78)(H,67,73)/t29-,38+,39+,40?,41-,42+,43-,44+,45+/m1/s1. The number of halogens is 2. The van der Waals surface area contributed by atoms with Gasteiger partial charge in [-0.3, -0.25) is 43.2 Å². The minimum atomic E-state index is -1.74. The van der Waals surface area contributed by atoms with Gasteiger partial charge >= 0.3 is 0 Å². The fourth-order valence-electron chi connectivity index (χ4n) is 8.18. The predicted octanol–water partition coefficient (Wildman–Crippen LogP) is 0.440. The topological polar surface area (TPSA) is 368 Å². The van der Waals surface area contributed by atoms with Crippen molar-refractivity contribution in [2.45, 2.75) is 106 Å². The molecule has 0 spiro atoms. The van der Waals surface area contributed by atoms with Crippen LogP contribution in [0.25, 0.3) is 0 Å². The van der Waals surface area contributed by atoms with Gasteiger partial charge in [0.15, 0.2) is 0 Å². The van der Waals surface area contributed by atoms with E-state index in [1.54, 1.807) is 55.6 Å². The van der Waals surface area contributed by atoms with Gasteiger partial charge in [-0.25, -0.2) is 0 Å². The van der Waals surface area contributed by atoms with E-state index in [9.17, 15) is 53.4 Å². The number of hydrogen-bond acceptors (Lipinski definition) is 15. The number of aliphatic hydroxyl groups is 1. The van der Waals surface area contributed by atoms with Crippen molar-refractivity contribution in [2.75, 3.05) is 25.1 Å². The first-order valence-electron chi connectivity index (χ1n) is 25.5. The number of rotatable bonds is 20. The third-order valence-corrected chi connectivity index (χ3v) is 15.6. The number of aliphatic hydroxyl groups excluding tert-OH is 1. The molecule has 0 aromatic heterocycles. The second-order valence-electron chi connectivity index (χ2n) is 19.1. The van der Waals surface area contributed by atoms with Crippen LogP contribution < -0.4 is 59.7 Å². The first kappa shape index (κ1) is 63.9. The van der Waals surface area contributed by atoms with Crippen molar-refractivity contribution < 1.29 is 53.4 Å². The largest absolute Gasteiger partial charge is 0.508 e. The average molecular weight is 1180 g/mol. The summed E-state index contributed by atoms with van der Waals surface area (Å²) in [6, 6.07) is 13.2. The van der Waals surface area contributed by atoms with Gasteiger partial charge in [0.25, 0.3) is 0 Å². The maximum Gasteiger partial charge on any atom is 0.248 e. The van der Waals surface area contributed by atoms with Crippen LogP contribution in [0.4, 0.5) is 0 Å². The van der Waals surface area contributed by atoms with Crippen molar-refractivity contribution in [3.05, 3.63) is 135 Å². The molecule has 0 aliphatic carbocycles. The highest BCUT2D eigenvalue weighted by atomic mass is 35.5. The Bertz CT molecular complexity index is 2780. The van der Waals surface area contributed by atoms with Gasteiger partial charge in [-0.1, -0.05) is 93.3 Å². The molecular weight excluding hydrogens is 1110 g/mol. The van der Waals surface area contributed by atoms with Crippen LogP contribution in [-0.2, 0) is 64.0 Å². The zero-order valence-electron chi connectivity index (χ0n) is 43.9. The minimum Gasteiger partial charge on any atom is -0.508 e. The Labute approximate surface area is 480 Å². The molecule has 0 radical (unpaired) electrons. The number of phenolic OH excluding ortho intramolecular Hbond substituents is 1. The molecule has 1 aliphatic rings. The van der Waals surface area contributed by atoms with Crippen molar-refractivity contribution >= 4 is 98.0 Å². The Kier molecular flexibility index (Phi) is 25.4. The molecular formula is C54H67Cl2N11O11S2. The van der Waals surface area contributed by atoms with E-state index in [-0.39, 0.29) is 54.9 Å². The van der Waals surface area contributed by atoms with Crippen LogP contribution in [-0.4, -0.2) is 143 Å². The number of nitrogens with one attached hydrogen (secondary N) is 8. The number of unbranched alkanes of at least 4 members (excludes halogenated alkanes) is 1. The van der Waals surface area contributed by atoms with Crippen molar-refractivity contribution in [1.82, 2.24) is 42.5 Å². The van der Waals surface area contributed by atoms with Gasteiger partial charge in [0, 0.05) is 46.4 Å². The fraction of sp³-hybridized carbons (Fsp3) is 0.389. The first-order valence-corrected chi connectivity index (χ1v) is 28.7. The Hall–Kier alpha value is -6.93. The van der Waals surface area contributed by atoms with Crippen LogP contribution in [0, 0.1) is 0 Å². The summed E-state index contributed by atoms with van der Waals surface area (Å²) in [6.45, 7) is 1.76. The van der Waals surface area contributed by atoms with Gasteiger partial charge in [-0.15, -0.1) is 0 Å². The minimum absolute atomic E-state index is 0.00159. The zero-order valence-corrected chi connectivity index (χ0v) is 47.0. The summed E-state index contributed by atoms with van der Waals surface area (Å²) in [5, 5.41) is 43.6. The third-order valence-electron chi connectivity index (χ3n) is 12.7. The smallest absolute Gasteiger partial charge is 0.248 e.